The van der Waals surface area contributed by atoms with E-state index in [9.17, 15) is 0 Å². The first-order valence-corrected chi connectivity index (χ1v) is 3.97. The number of aromatic nitrogens is 2. The van der Waals surface area contributed by atoms with Crippen LogP contribution in [0.5, 0.6) is 5.88 Å². The van der Waals surface area contributed by atoms with Crippen LogP contribution in [0.4, 0.5) is 0 Å². The Balaban J connectivity index is 2.76. The monoisotopic (exact) mass is 178 g/mol. The summed E-state index contributed by atoms with van der Waals surface area (Å²) in [6.07, 6.45) is 1.70. The van der Waals surface area contributed by atoms with Crippen LogP contribution >= 0.6 is 0 Å². The quantitative estimate of drug-likeness (QED) is 0.741. The van der Waals surface area contributed by atoms with E-state index in [0.29, 0.717) is 11.7 Å². The lowest BCUT2D eigenvalue weighted by Gasteiger charge is -2.04. The maximum atomic E-state index is 9.01. The number of ether oxygens (including phenoxy) is 1. The zero-order valence-corrected chi connectivity index (χ0v) is 7.27. The van der Waals surface area contributed by atoms with Gasteiger partial charge in [0.05, 0.1) is 18.8 Å². The summed E-state index contributed by atoms with van der Waals surface area (Å²) in [5, 5.41) is 9.01. The van der Waals surface area contributed by atoms with Gasteiger partial charge < -0.3 is 9.84 Å². The molecule has 13 heavy (non-hydrogen) atoms. The second-order valence-electron chi connectivity index (χ2n) is 2.66. The first-order chi connectivity index (χ1) is 6.36. The molecule has 0 aromatic carbocycles. The van der Waals surface area contributed by atoms with E-state index < -0.39 is 0 Å². The minimum absolute atomic E-state index is 0.0888. The molecule has 0 spiro atoms. The summed E-state index contributed by atoms with van der Waals surface area (Å²) in [5.74, 6) is 1.27. The van der Waals surface area contributed by atoms with E-state index >= 15 is 0 Å². The maximum Gasteiger partial charge on any atom is 0.199 e. The van der Waals surface area contributed by atoms with Gasteiger partial charge in [-0.3, -0.25) is 4.40 Å². The zero-order chi connectivity index (χ0) is 9.26. The van der Waals surface area contributed by atoms with Crippen LogP contribution in [0.3, 0.4) is 0 Å². The zero-order valence-electron chi connectivity index (χ0n) is 7.27. The molecular formula is C9H10N2O2. The average molecular weight is 178 g/mol. The topological polar surface area (TPSA) is 46.8 Å². The van der Waals surface area contributed by atoms with Crippen LogP contribution in [-0.2, 0) is 6.61 Å². The molecule has 2 aromatic rings. The van der Waals surface area contributed by atoms with Gasteiger partial charge >= 0.3 is 0 Å². The minimum atomic E-state index is -0.0888. The molecule has 2 rings (SSSR count). The van der Waals surface area contributed by atoms with Gasteiger partial charge in [-0.1, -0.05) is 6.07 Å². The van der Waals surface area contributed by atoms with E-state index in [1.54, 1.807) is 17.7 Å². The first-order valence-electron chi connectivity index (χ1n) is 3.97. The van der Waals surface area contributed by atoms with E-state index in [1.807, 2.05) is 18.2 Å². The highest BCUT2D eigenvalue weighted by Crippen LogP contribution is 2.16. The van der Waals surface area contributed by atoms with E-state index in [2.05, 4.69) is 4.98 Å². The number of pyridine rings is 1. The standard InChI is InChI=1S/C9H10N2O2/c1-13-9-4-2-3-7-5-10-8(6-12)11(7)9/h2-5,12H,6H2,1H3. The third-order valence-electron chi connectivity index (χ3n) is 1.94. The van der Waals surface area contributed by atoms with Crippen LogP contribution in [-0.4, -0.2) is 21.6 Å². The third kappa shape index (κ3) is 1.15. The maximum absolute atomic E-state index is 9.01. The number of fused-ring (bicyclic) bond motifs is 1. The second-order valence-corrected chi connectivity index (χ2v) is 2.66. The van der Waals surface area contributed by atoms with Gasteiger partial charge in [0.2, 0.25) is 0 Å². The number of hydrogen-bond acceptors (Lipinski definition) is 3. The van der Waals surface area contributed by atoms with Crippen LogP contribution in [0.2, 0.25) is 0 Å². The molecule has 2 aromatic heterocycles. The molecule has 0 amide bonds. The largest absolute Gasteiger partial charge is 0.482 e. The molecule has 0 saturated heterocycles. The van der Waals surface area contributed by atoms with Crippen LogP contribution < -0.4 is 4.74 Å². The number of aliphatic hydroxyl groups is 1. The van der Waals surface area contributed by atoms with Crippen molar-refractivity contribution in [2.24, 2.45) is 0 Å². The summed E-state index contributed by atoms with van der Waals surface area (Å²) in [7, 11) is 1.59. The van der Waals surface area contributed by atoms with E-state index in [4.69, 9.17) is 9.84 Å². The summed E-state index contributed by atoms with van der Waals surface area (Å²) < 4.78 is 6.92. The first kappa shape index (κ1) is 8.07. The summed E-state index contributed by atoms with van der Waals surface area (Å²) in [4.78, 5) is 4.06. The molecule has 0 fully saturated rings. The van der Waals surface area contributed by atoms with Gasteiger partial charge in [0.1, 0.15) is 12.4 Å². The second kappa shape index (κ2) is 3.06. The Morgan fingerprint density at radius 1 is 1.54 bits per heavy atom. The number of imidazole rings is 1. The van der Waals surface area contributed by atoms with Gasteiger partial charge in [-0.05, 0) is 12.1 Å². The smallest absolute Gasteiger partial charge is 0.199 e. The lowest BCUT2D eigenvalue weighted by atomic mass is 10.4. The number of hydrogen-bond donors (Lipinski definition) is 1. The van der Waals surface area contributed by atoms with Crippen molar-refractivity contribution < 1.29 is 9.84 Å². The van der Waals surface area contributed by atoms with Gasteiger partial charge in [0, 0.05) is 0 Å². The summed E-state index contributed by atoms with van der Waals surface area (Å²) in [6, 6.07) is 5.62. The Hall–Kier alpha value is -1.55. The van der Waals surface area contributed by atoms with Gasteiger partial charge in [-0.25, -0.2) is 4.98 Å². The molecule has 0 atom stereocenters. The third-order valence-corrected chi connectivity index (χ3v) is 1.94. The Labute approximate surface area is 75.4 Å². The molecule has 2 heterocycles. The molecule has 1 N–H and O–H groups in total. The van der Waals surface area contributed by atoms with Crippen LogP contribution in [0.1, 0.15) is 5.82 Å². The van der Waals surface area contributed by atoms with E-state index in [1.165, 1.54) is 0 Å². The number of rotatable bonds is 2. The van der Waals surface area contributed by atoms with Crippen LogP contribution in [0.25, 0.3) is 5.52 Å². The van der Waals surface area contributed by atoms with Crippen LogP contribution in [0.15, 0.2) is 24.4 Å². The SMILES string of the molecule is COc1cccc2cnc(CO)n12. The lowest BCUT2D eigenvalue weighted by Crippen LogP contribution is -1.98. The van der Waals surface area contributed by atoms with E-state index in [-0.39, 0.29) is 6.61 Å². The fourth-order valence-electron chi connectivity index (χ4n) is 1.35. The van der Waals surface area contributed by atoms with Crippen molar-refractivity contribution in [1.29, 1.82) is 0 Å². The number of methoxy groups -OCH3 is 1. The number of aliphatic hydroxyl groups excluding tert-OH is 1. The molecule has 0 aliphatic carbocycles. The highest BCUT2D eigenvalue weighted by molar-refractivity contribution is 5.48. The van der Waals surface area contributed by atoms with E-state index in [0.717, 1.165) is 5.52 Å². The summed E-state index contributed by atoms with van der Waals surface area (Å²) >= 11 is 0. The van der Waals surface area contributed by atoms with Crippen molar-refractivity contribution in [3.05, 3.63) is 30.2 Å². The summed E-state index contributed by atoms with van der Waals surface area (Å²) in [6.45, 7) is -0.0888. The molecule has 0 radical (unpaired) electrons. The highest BCUT2D eigenvalue weighted by atomic mass is 16.5. The Bertz CT molecular complexity index is 422. The van der Waals surface area contributed by atoms with Gasteiger partial charge in [0.25, 0.3) is 0 Å². The molecule has 4 nitrogen and oxygen atoms in total. The molecule has 0 saturated carbocycles. The van der Waals surface area contributed by atoms with Gasteiger partial charge in [-0.15, -0.1) is 0 Å². The Morgan fingerprint density at radius 3 is 3.08 bits per heavy atom. The fraction of sp³-hybridized carbons (Fsp3) is 0.222. The predicted octanol–water partition coefficient (Wildman–Crippen LogP) is 0.835. The van der Waals surface area contributed by atoms with Crippen molar-refractivity contribution in [2.75, 3.05) is 7.11 Å². The Morgan fingerprint density at radius 2 is 2.38 bits per heavy atom. The average Bonchev–Trinajstić information content (AvgIpc) is 2.60. The van der Waals surface area contributed by atoms with Gasteiger partial charge in [-0.2, -0.15) is 0 Å². The van der Waals surface area contributed by atoms with Crippen molar-refractivity contribution in [1.82, 2.24) is 9.38 Å². The molecule has 4 heteroatoms. The van der Waals surface area contributed by atoms with Gasteiger partial charge in [0.15, 0.2) is 5.88 Å². The number of nitrogens with zero attached hydrogens (tertiary/aromatic N) is 2. The minimum Gasteiger partial charge on any atom is -0.482 e. The molecule has 0 aliphatic heterocycles. The summed E-state index contributed by atoms with van der Waals surface area (Å²) in [5.41, 5.74) is 0.920. The predicted molar refractivity (Wildman–Crippen MR) is 47.7 cm³/mol. The highest BCUT2D eigenvalue weighted by Gasteiger charge is 2.05. The fourth-order valence-corrected chi connectivity index (χ4v) is 1.35. The molecular weight excluding hydrogens is 168 g/mol. The molecule has 0 unspecified atom stereocenters. The van der Waals surface area contributed by atoms with Crippen molar-refractivity contribution in [3.63, 3.8) is 0 Å². The lowest BCUT2D eigenvalue weighted by molar-refractivity contribution is 0.267. The van der Waals surface area contributed by atoms with Crippen LogP contribution in [0, 0.1) is 0 Å². The normalized spacial score (nSPS) is 10.6. The molecule has 0 aliphatic rings. The van der Waals surface area contributed by atoms with Crippen molar-refractivity contribution in [2.45, 2.75) is 6.61 Å². The molecule has 68 valence electrons. The van der Waals surface area contributed by atoms with Crippen molar-refractivity contribution in [3.8, 4) is 5.88 Å². The van der Waals surface area contributed by atoms with Crippen molar-refractivity contribution >= 4 is 5.52 Å². The Kier molecular flexibility index (Phi) is 1.90. The molecule has 0 bridgehead atoms.